The van der Waals surface area contributed by atoms with Crippen molar-refractivity contribution < 1.29 is 14.3 Å². The first-order valence-corrected chi connectivity index (χ1v) is 9.98. The Morgan fingerprint density at radius 2 is 1.90 bits per heavy atom. The molecule has 2 N–H and O–H groups in total. The lowest BCUT2D eigenvalue weighted by Crippen LogP contribution is -2.20. The quantitative estimate of drug-likeness (QED) is 0.278. The number of phenols is 1. The third kappa shape index (κ3) is 4.02. The number of aromatic hydroxyl groups is 1. The minimum Gasteiger partial charge on any atom is -0.507 e. The molecule has 0 bridgehead atoms. The molecule has 0 fully saturated rings. The number of aryl methyl sites for hydroxylation is 2. The van der Waals surface area contributed by atoms with Crippen LogP contribution in [0.4, 0.5) is 0 Å². The maximum Gasteiger partial charge on any atom is 0.244 e. The first-order chi connectivity index (χ1) is 14.8. The molecule has 3 aromatic carbocycles. The van der Waals surface area contributed by atoms with E-state index in [1.807, 2.05) is 19.9 Å². The van der Waals surface area contributed by atoms with E-state index in [0.717, 1.165) is 11.1 Å². The standard InChI is InChI=1S/C24H19ClN2O4/c1-13-6-8-19-22(30)18-5-3-4-15(24(18)31-23(19)14(13)2)11-21(29)27-26-12-16-10-17(25)7-9-20(16)28/h3-10,12,28H,11H2,1-2H3,(H,27,29)/b26-12+. The van der Waals surface area contributed by atoms with E-state index in [2.05, 4.69) is 10.5 Å². The Hall–Kier alpha value is -3.64. The van der Waals surface area contributed by atoms with Gasteiger partial charge in [0.25, 0.3) is 0 Å². The predicted molar refractivity (Wildman–Crippen MR) is 122 cm³/mol. The van der Waals surface area contributed by atoms with Crippen LogP contribution in [0.5, 0.6) is 5.75 Å². The maximum absolute atomic E-state index is 13.0. The number of hydrazone groups is 1. The molecule has 0 saturated heterocycles. The molecule has 7 heteroatoms. The lowest BCUT2D eigenvalue weighted by molar-refractivity contribution is -0.120. The maximum atomic E-state index is 13.0. The molecule has 1 aromatic heterocycles. The second-order valence-corrected chi connectivity index (χ2v) is 7.72. The van der Waals surface area contributed by atoms with Crippen molar-refractivity contribution in [3.05, 3.63) is 86.0 Å². The van der Waals surface area contributed by atoms with Gasteiger partial charge in [-0.3, -0.25) is 9.59 Å². The Balaban J connectivity index is 1.64. The zero-order chi connectivity index (χ0) is 22.1. The van der Waals surface area contributed by atoms with Crippen LogP contribution < -0.4 is 10.9 Å². The van der Waals surface area contributed by atoms with Gasteiger partial charge in [0.2, 0.25) is 11.3 Å². The van der Waals surface area contributed by atoms with Gasteiger partial charge >= 0.3 is 0 Å². The van der Waals surface area contributed by atoms with Gasteiger partial charge in [0.15, 0.2) is 0 Å². The predicted octanol–water partition coefficient (Wildman–Crippen LogP) is 4.61. The summed E-state index contributed by atoms with van der Waals surface area (Å²) in [6, 6.07) is 13.3. The van der Waals surface area contributed by atoms with E-state index < -0.39 is 5.91 Å². The van der Waals surface area contributed by atoms with E-state index in [0.29, 0.717) is 38.1 Å². The molecule has 0 saturated carbocycles. The summed E-state index contributed by atoms with van der Waals surface area (Å²) in [4.78, 5) is 25.4. The first-order valence-electron chi connectivity index (χ1n) is 9.60. The van der Waals surface area contributed by atoms with Gasteiger partial charge < -0.3 is 9.52 Å². The number of rotatable bonds is 4. The van der Waals surface area contributed by atoms with Crippen LogP contribution >= 0.6 is 11.6 Å². The summed E-state index contributed by atoms with van der Waals surface area (Å²) >= 11 is 5.90. The minimum atomic E-state index is -0.394. The van der Waals surface area contributed by atoms with E-state index in [9.17, 15) is 14.7 Å². The highest BCUT2D eigenvalue weighted by atomic mass is 35.5. The smallest absolute Gasteiger partial charge is 0.244 e. The largest absolute Gasteiger partial charge is 0.507 e. The topological polar surface area (TPSA) is 91.9 Å². The van der Waals surface area contributed by atoms with Crippen molar-refractivity contribution >= 4 is 45.7 Å². The fraction of sp³-hybridized carbons (Fsp3) is 0.125. The highest BCUT2D eigenvalue weighted by Crippen LogP contribution is 2.26. The number of carbonyl (C=O) groups excluding carboxylic acids is 1. The molecule has 1 amide bonds. The Morgan fingerprint density at radius 3 is 2.71 bits per heavy atom. The van der Waals surface area contributed by atoms with Crippen molar-refractivity contribution in [3.8, 4) is 5.75 Å². The average Bonchev–Trinajstić information content (AvgIpc) is 2.74. The number of phenolic OH excluding ortho intramolecular Hbond substituents is 1. The van der Waals surface area contributed by atoms with Crippen LogP contribution in [0.2, 0.25) is 5.02 Å². The molecular weight excluding hydrogens is 416 g/mol. The molecule has 0 aliphatic heterocycles. The van der Waals surface area contributed by atoms with Crippen LogP contribution in [0.15, 0.2) is 62.8 Å². The molecule has 0 radical (unpaired) electrons. The van der Waals surface area contributed by atoms with Gasteiger partial charge in [-0.05, 0) is 55.3 Å². The number of carbonyl (C=O) groups is 1. The lowest BCUT2D eigenvalue weighted by Gasteiger charge is -2.09. The highest BCUT2D eigenvalue weighted by molar-refractivity contribution is 6.30. The number of hydrogen-bond acceptors (Lipinski definition) is 5. The van der Waals surface area contributed by atoms with Gasteiger partial charge in [0.05, 0.1) is 23.4 Å². The van der Waals surface area contributed by atoms with E-state index >= 15 is 0 Å². The Labute approximate surface area is 182 Å². The number of halogens is 1. The van der Waals surface area contributed by atoms with Gasteiger partial charge in [-0.15, -0.1) is 0 Å². The molecule has 0 aliphatic rings. The van der Waals surface area contributed by atoms with E-state index in [1.54, 1.807) is 30.3 Å². The zero-order valence-electron chi connectivity index (χ0n) is 16.9. The van der Waals surface area contributed by atoms with Crippen LogP contribution in [0.25, 0.3) is 21.9 Å². The van der Waals surface area contributed by atoms with Crippen molar-refractivity contribution in [1.82, 2.24) is 5.43 Å². The molecule has 1 heterocycles. The van der Waals surface area contributed by atoms with Crippen molar-refractivity contribution in [2.45, 2.75) is 20.3 Å². The Morgan fingerprint density at radius 1 is 1.13 bits per heavy atom. The third-order valence-electron chi connectivity index (χ3n) is 5.20. The molecule has 0 unspecified atom stereocenters. The Kier molecular flexibility index (Phi) is 5.48. The number of nitrogens with one attached hydrogen (secondary N) is 1. The van der Waals surface area contributed by atoms with Crippen molar-refractivity contribution in [2.75, 3.05) is 0 Å². The SMILES string of the molecule is Cc1ccc2c(=O)c3cccc(CC(=O)N/N=C/c4cc(Cl)ccc4O)c3oc2c1C. The number of amides is 1. The summed E-state index contributed by atoms with van der Waals surface area (Å²) in [5, 5.41) is 15.1. The highest BCUT2D eigenvalue weighted by Gasteiger charge is 2.15. The number of benzene rings is 3. The first kappa shape index (κ1) is 20.6. The van der Waals surface area contributed by atoms with Crippen molar-refractivity contribution in [1.29, 1.82) is 0 Å². The molecule has 4 rings (SSSR count). The monoisotopic (exact) mass is 434 g/mol. The van der Waals surface area contributed by atoms with Gasteiger partial charge in [0, 0.05) is 16.1 Å². The summed E-state index contributed by atoms with van der Waals surface area (Å²) in [5.41, 5.74) is 6.07. The van der Waals surface area contributed by atoms with Crippen LogP contribution in [-0.2, 0) is 11.2 Å². The zero-order valence-corrected chi connectivity index (χ0v) is 17.7. The van der Waals surface area contributed by atoms with Crippen molar-refractivity contribution in [2.24, 2.45) is 5.10 Å². The summed E-state index contributed by atoms with van der Waals surface area (Å²) in [6.45, 7) is 3.86. The molecule has 6 nitrogen and oxygen atoms in total. The van der Waals surface area contributed by atoms with Crippen LogP contribution in [0, 0.1) is 13.8 Å². The molecule has 0 atom stereocenters. The fourth-order valence-corrected chi connectivity index (χ4v) is 3.57. The normalized spacial score (nSPS) is 11.5. The second-order valence-electron chi connectivity index (χ2n) is 7.28. The van der Waals surface area contributed by atoms with E-state index in [4.69, 9.17) is 16.0 Å². The summed E-state index contributed by atoms with van der Waals surface area (Å²) in [6.07, 6.45) is 1.28. The third-order valence-corrected chi connectivity index (χ3v) is 5.44. The lowest BCUT2D eigenvalue weighted by atomic mass is 10.0. The van der Waals surface area contributed by atoms with Crippen LogP contribution in [0.1, 0.15) is 22.3 Å². The molecular formula is C24H19ClN2O4. The number of nitrogens with zero attached hydrogens (tertiary/aromatic N) is 1. The summed E-state index contributed by atoms with van der Waals surface area (Å²) < 4.78 is 6.11. The molecule has 0 spiro atoms. The second kappa shape index (κ2) is 8.24. The van der Waals surface area contributed by atoms with E-state index in [1.165, 1.54) is 18.3 Å². The van der Waals surface area contributed by atoms with Crippen molar-refractivity contribution in [3.63, 3.8) is 0 Å². The number of hydrogen-bond donors (Lipinski definition) is 2. The van der Waals surface area contributed by atoms with Gasteiger partial charge in [0.1, 0.15) is 16.9 Å². The molecule has 156 valence electrons. The average molecular weight is 435 g/mol. The van der Waals surface area contributed by atoms with Crippen LogP contribution in [-0.4, -0.2) is 17.2 Å². The van der Waals surface area contributed by atoms with E-state index in [-0.39, 0.29) is 17.6 Å². The fourth-order valence-electron chi connectivity index (χ4n) is 3.39. The van der Waals surface area contributed by atoms with Gasteiger partial charge in [-0.2, -0.15) is 5.10 Å². The summed E-state index contributed by atoms with van der Waals surface area (Å²) in [7, 11) is 0. The molecule has 4 aromatic rings. The van der Waals surface area contributed by atoms with Gasteiger partial charge in [-0.1, -0.05) is 29.8 Å². The number of para-hydroxylation sites is 1. The molecule has 0 aliphatic carbocycles. The van der Waals surface area contributed by atoms with Gasteiger partial charge in [-0.25, -0.2) is 5.43 Å². The van der Waals surface area contributed by atoms with Crippen LogP contribution in [0.3, 0.4) is 0 Å². The molecule has 31 heavy (non-hydrogen) atoms. The Bertz CT molecular complexity index is 1420. The summed E-state index contributed by atoms with van der Waals surface area (Å²) in [5.74, 6) is -0.398. The minimum absolute atomic E-state index is 0.00392. The number of fused-ring (bicyclic) bond motifs is 2.